The van der Waals surface area contributed by atoms with Crippen LogP contribution < -0.4 is 5.73 Å². The zero-order valence-corrected chi connectivity index (χ0v) is 7.21. The van der Waals surface area contributed by atoms with Gasteiger partial charge in [-0.15, -0.1) is 0 Å². The Balaban J connectivity index is 2.13. The highest BCUT2D eigenvalue weighted by Crippen LogP contribution is 2.33. The van der Waals surface area contributed by atoms with Crippen LogP contribution in [0.25, 0.3) is 0 Å². The Kier molecular flexibility index (Phi) is 2.02. The van der Waals surface area contributed by atoms with Gasteiger partial charge in [0.25, 0.3) is 0 Å². The van der Waals surface area contributed by atoms with Gasteiger partial charge in [0.2, 0.25) is 0 Å². The highest BCUT2D eigenvalue weighted by atomic mass is 15.0. The van der Waals surface area contributed by atoms with E-state index in [4.69, 9.17) is 5.73 Å². The molecule has 1 aromatic heterocycles. The third-order valence-electron chi connectivity index (χ3n) is 2.71. The van der Waals surface area contributed by atoms with Crippen LogP contribution in [0.2, 0.25) is 0 Å². The Morgan fingerprint density at radius 1 is 1.33 bits per heavy atom. The predicted molar refractivity (Wildman–Crippen MR) is 48.8 cm³/mol. The number of hydrogen-bond acceptors (Lipinski definition) is 2. The Hall–Kier alpha value is -0.990. The summed E-state index contributed by atoms with van der Waals surface area (Å²) in [6.45, 7) is 0. The van der Waals surface area contributed by atoms with E-state index in [9.17, 15) is 0 Å². The Labute approximate surface area is 72.4 Å². The number of nitrogens with zero attached hydrogens (tertiary/aromatic N) is 1. The lowest BCUT2D eigenvalue weighted by molar-refractivity contribution is 0.438. The third-order valence-corrected chi connectivity index (χ3v) is 2.71. The molecular formula is C9H15N3. The summed E-state index contributed by atoms with van der Waals surface area (Å²) < 4.78 is 0. The third kappa shape index (κ3) is 1.31. The Morgan fingerprint density at radius 2 is 2.08 bits per heavy atom. The average Bonchev–Trinajstić information content (AvgIpc) is 2.53. The fourth-order valence-corrected chi connectivity index (χ4v) is 2.03. The molecule has 2 rings (SSSR count). The van der Waals surface area contributed by atoms with Crippen molar-refractivity contribution >= 4 is 5.82 Å². The number of imidazole rings is 1. The fourth-order valence-electron chi connectivity index (χ4n) is 2.03. The zero-order chi connectivity index (χ0) is 8.39. The molecule has 0 spiro atoms. The second kappa shape index (κ2) is 3.17. The van der Waals surface area contributed by atoms with Gasteiger partial charge in [0.15, 0.2) is 0 Å². The number of nitrogen functional groups attached to an aromatic ring is 1. The molecule has 66 valence electrons. The van der Waals surface area contributed by atoms with Gasteiger partial charge in [0, 0.05) is 5.92 Å². The molecule has 0 bridgehead atoms. The van der Waals surface area contributed by atoms with Crippen LogP contribution in [0.4, 0.5) is 5.82 Å². The molecule has 0 aliphatic heterocycles. The molecule has 1 aliphatic rings. The van der Waals surface area contributed by atoms with Gasteiger partial charge in [-0.2, -0.15) is 0 Å². The first-order chi connectivity index (χ1) is 5.88. The van der Waals surface area contributed by atoms with E-state index in [0.29, 0.717) is 11.7 Å². The van der Waals surface area contributed by atoms with Gasteiger partial charge >= 0.3 is 0 Å². The van der Waals surface area contributed by atoms with Gasteiger partial charge in [0.05, 0.1) is 12.0 Å². The molecule has 1 saturated carbocycles. The fraction of sp³-hybridized carbons (Fsp3) is 0.667. The monoisotopic (exact) mass is 165 g/mol. The molecular weight excluding hydrogens is 150 g/mol. The lowest BCUT2D eigenvalue weighted by Gasteiger charge is -2.20. The average molecular weight is 165 g/mol. The molecule has 12 heavy (non-hydrogen) atoms. The number of H-pyrrole nitrogens is 1. The molecule has 0 saturated heterocycles. The number of nitrogens with two attached hydrogens (primary N) is 1. The number of aromatic nitrogens is 2. The predicted octanol–water partition coefficient (Wildman–Crippen LogP) is 2.04. The number of hydrogen-bond donors (Lipinski definition) is 2. The van der Waals surface area contributed by atoms with Crippen LogP contribution in [0.5, 0.6) is 0 Å². The van der Waals surface area contributed by atoms with Crippen LogP contribution in [0.3, 0.4) is 0 Å². The second-order valence-corrected chi connectivity index (χ2v) is 3.54. The standard InChI is InChI=1S/C9H15N3/c10-9-8(11-6-12-9)7-4-2-1-3-5-7/h6-7H,1-5,10H2,(H,11,12). The van der Waals surface area contributed by atoms with Gasteiger partial charge in [-0.05, 0) is 12.8 Å². The summed E-state index contributed by atoms with van der Waals surface area (Å²) in [7, 11) is 0. The lowest BCUT2D eigenvalue weighted by atomic mass is 9.87. The largest absolute Gasteiger partial charge is 0.382 e. The first-order valence-electron chi connectivity index (χ1n) is 4.66. The second-order valence-electron chi connectivity index (χ2n) is 3.54. The van der Waals surface area contributed by atoms with E-state index in [0.717, 1.165) is 5.69 Å². The minimum absolute atomic E-state index is 0.640. The first-order valence-corrected chi connectivity index (χ1v) is 4.66. The van der Waals surface area contributed by atoms with Crippen molar-refractivity contribution in [3.63, 3.8) is 0 Å². The molecule has 1 heterocycles. The minimum atomic E-state index is 0.640. The van der Waals surface area contributed by atoms with Gasteiger partial charge in [0.1, 0.15) is 5.82 Å². The molecule has 0 aromatic carbocycles. The molecule has 0 unspecified atom stereocenters. The summed E-state index contributed by atoms with van der Waals surface area (Å²) in [5.41, 5.74) is 6.89. The molecule has 3 nitrogen and oxygen atoms in total. The molecule has 0 amide bonds. The molecule has 1 aliphatic carbocycles. The summed E-state index contributed by atoms with van der Waals surface area (Å²) in [6.07, 6.45) is 8.29. The van der Waals surface area contributed by atoms with Crippen molar-refractivity contribution in [2.45, 2.75) is 38.0 Å². The van der Waals surface area contributed by atoms with Crippen molar-refractivity contribution in [3.05, 3.63) is 12.0 Å². The number of anilines is 1. The number of rotatable bonds is 1. The summed E-state index contributed by atoms with van der Waals surface area (Å²) >= 11 is 0. The number of nitrogens with one attached hydrogen (secondary N) is 1. The summed E-state index contributed by atoms with van der Waals surface area (Å²) in [5, 5.41) is 0. The van der Waals surface area contributed by atoms with Crippen molar-refractivity contribution in [1.29, 1.82) is 0 Å². The van der Waals surface area contributed by atoms with Crippen molar-refractivity contribution < 1.29 is 0 Å². The summed E-state index contributed by atoms with van der Waals surface area (Å²) in [6, 6.07) is 0. The normalized spacial score (nSPS) is 19.7. The van der Waals surface area contributed by atoms with Crippen LogP contribution in [-0.4, -0.2) is 9.97 Å². The highest BCUT2D eigenvalue weighted by Gasteiger charge is 2.18. The molecule has 1 fully saturated rings. The maximum atomic E-state index is 5.73. The Bertz CT molecular complexity index is 248. The van der Waals surface area contributed by atoms with Gasteiger partial charge < -0.3 is 10.7 Å². The minimum Gasteiger partial charge on any atom is -0.382 e. The van der Waals surface area contributed by atoms with Gasteiger partial charge in [-0.25, -0.2) is 4.98 Å². The lowest BCUT2D eigenvalue weighted by Crippen LogP contribution is -2.07. The molecule has 0 radical (unpaired) electrons. The molecule has 0 atom stereocenters. The van der Waals surface area contributed by atoms with E-state index in [1.807, 2.05) is 0 Å². The van der Waals surface area contributed by atoms with Gasteiger partial charge in [-0.1, -0.05) is 19.3 Å². The molecule has 3 N–H and O–H groups in total. The van der Waals surface area contributed by atoms with Crippen LogP contribution >= 0.6 is 0 Å². The van der Waals surface area contributed by atoms with Crippen LogP contribution in [0.1, 0.15) is 43.7 Å². The topological polar surface area (TPSA) is 54.7 Å². The van der Waals surface area contributed by atoms with Crippen LogP contribution in [0, 0.1) is 0 Å². The maximum Gasteiger partial charge on any atom is 0.144 e. The van der Waals surface area contributed by atoms with E-state index in [1.54, 1.807) is 6.33 Å². The highest BCUT2D eigenvalue weighted by molar-refractivity contribution is 5.36. The quantitative estimate of drug-likeness (QED) is 0.669. The molecule has 3 heteroatoms. The first kappa shape index (κ1) is 7.65. The van der Waals surface area contributed by atoms with Crippen LogP contribution in [-0.2, 0) is 0 Å². The summed E-state index contributed by atoms with van der Waals surface area (Å²) in [4.78, 5) is 7.15. The maximum absolute atomic E-state index is 5.73. The number of aromatic amines is 1. The van der Waals surface area contributed by atoms with Crippen molar-refractivity contribution in [2.75, 3.05) is 5.73 Å². The van der Waals surface area contributed by atoms with E-state index < -0.39 is 0 Å². The molecule has 1 aromatic rings. The van der Waals surface area contributed by atoms with Crippen molar-refractivity contribution in [1.82, 2.24) is 9.97 Å². The van der Waals surface area contributed by atoms with Crippen LogP contribution in [0.15, 0.2) is 6.33 Å². The zero-order valence-electron chi connectivity index (χ0n) is 7.21. The SMILES string of the molecule is Nc1nc[nH]c1C1CCCCC1. The van der Waals surface area contributed by atoms with E-state index in [1.165, 1.54) is 32.1 Å². The van der Waals surface area contributed by atoms with Crippen molar-refractivity contribution in [3.8, 4) is 0 Å². The Morgan fingerprint density at radius 3 is 2.67 bits per heavy atom. The van der Waals surface area contributed by atoms with E-state index in [-0.39, 0.29) is 0 Å². The smallest absolute Gasteiger partial charge is 0.144 e. The van der Waals surface area contributed by atoms with Gasteiger partial charge in [-0.3, -0.25) is 0 Å². The van der Waals surface area contributed by atoms with E-state index in [2.05, 4.69) is 9.97 Å². The van der Waals surface area contributed by atoms with Crippen molar-refractivity contribution in [2.24, 2.45) is 0 Å². The summed E-state index contributed by atoms with van der Waals surface area (Å²) in [5.74, 6) is 1.34. The van der Waals surface area contributed by atoms with E-state index >= 15 is 0 Å².